The van der Waals surface area contributed by atoms with E-state index in [1.807, 2.05) is 0 Å². The fourth-order valence-electron chi connectivity index (χ4n) is 3.53. The molecule has 0 aromatic heterocycles. The molecule has 2 aliphatic rings. The average molecular weight is 297 g/mol. The highest BCUT2D eigenvalue weighted by molar-refractivity contribution is 5.77. The summed E-state index contributed by atoms with van der Waals surface area (Å²) in [6.45, 7) is 7.64. The molecule has 2 atom stereocenters. The Balaban J connectivity index is 1.61. The minimum atomic E-state index is -1.07. The standard InChI is InChI=1S/C16H31N3O2/c1-16(17,15(20)21)8-3-6-9-18-12-7-14(13-18)19-10-4-2-5-11-19/h14H,2-13,17H2,1H3,(H,20,21). The van der Waals surface area contributed by atoms with Crippen LogP contribution in [0.5, 0.6) is 0 Å². The third kappa shape index (κ3) is 4.94. The van der Waals surface area contributed by atoms with Gasteiger partial charge in [-0.15, -0.1) is 0 Å². The number of rotatable bonds is 7. The highest BCUT2D eigenvalue weighted by atomic mass is 16.4. The first-order valence-electron chi connectivity index (χ1n) is 8.48. The van der Waals surface area contributed by atoms with Gasteiger partial charge in [-0.05, 0) is 71.6 Å². The predicted molar refractivity (Wildman–Crippen MR) is 84.3 cm³/mol. The third-order valence-electron chi connectivity index (χ3n) is 5.06. The molecular formula is C16H31N3O2. The van der Waals surface area contributed by atoms with Gasteiger partial charge in [0, 0.05) is 12.6 Å². The molecule has 5 nitrogen and oxygen atoms in total. The van der Waals surface area contributed by atoms with E-state index in [0.29, 0.717) is 6.42 Å². The first kappa shape index (κ1) is 16.7. The molecule has 0 aliphatic carbocycles. The molecule has 2 aliphatic heterocycles. The van der Waals surface area contributed by atoms with E-state index in [-0.39, 0.29) is 0 Å². The molecule has 0 radical (unpaired) electrons. The molecule has 2 unspecified atom stereocenters. The Labute approximate surface area is 128 Å². The SMILES string of the molecule is CC(N)(CCCCN1CCC(N2CCCCC2)C1)C(=O)O. The summed E-state index contributed by atoms with van der Waals surface area (Å²) in [6, 6.07) is 0.754. The summed E-state index contributed by atoms with van der Waals surface area (Å²) < 4.78 is 0. The Morgan fingerprint density at radius 1 is 1.24 bits per heavy atom. The first-order valence-corrected chi connectivity index (χ1v) is 8.48. The normalized spacial score (nSPS) is 27.6. The number of hydrogen-bond donors (Lipinski definition) is 2. The van der Waals surface area contributed by atoms with E-state index in [1.54, 1.807) is 6.92 Å². The Bertz CT molecular complexity index is 340. The van der Waals surface area contributed by atoms with Crippen molar-refractivity contribution in [1.29, 1.82) is 0 Å². The number of aliphatic carboxylic acids is 1. The molecule has 0 aromatic rings. The van der Waals surface area contributed by atoms with Crippen molar-refractivity contribution in [2.24, 2.45) is 5.73 Å². The van der Waals surface area contributed by atoms with Crippen LogP contribution < -0.4 is 5.73 Å². The van der Waals surface area contributed by atoms with Gasteiger partial charge >= 0.3 is 5.97 Å². The molecule has 21 heavy (non-hydrogen) atoms. The molecule has 5 heteroatoms. The molecule has 0 saturated carbocycles. The average Bonchev–Trinajstić information content (AvgIpc) is 2.93. The van der Waals surface area contributed by atoms with E-state index >= 15 is 0 Å². The van der Waals surface area contributed by atoms with Gasteiger partial charge in [0.25, 0.3) is 0 Å². The van der Waals surface area contributed by atoms with E-state index in [2.05, 4.69) is 9.80 Å². The van der Waals surface area contributed by atoms with Gasteiger partial charge in [-0.3, -0.25) is 9.69 Å². The second-order valence-corrected chi connectivity index (χ2v) is 7.02. The quantitative estimate of drug-likeness (QED) is 0.697. The van der Waals surface area contributed by atoms with Gasteiger partial charge in [0.15, 0.2) is 0 Å². The highest BCUT2D eigenvalue weighted by Crippen LogP contribution is 2.21. The van der Waals surface area contributed by atoms with Crippen molar-refractivity contribution >= 4 is 5.97 Å². The number of likely N-dealkylation sites (tertiary alicyclic amines) is 2. The second kappa shape index (κ2) is 7.56. The number of piperidine rings is 1. The molecule has 0 aromatic carbocycles. The Kier molecular flexibility index (Phi) is 6.02. The number of carbonyl (C=O) groups is 1. The van der Waals surface area contributed by atoms with E-state index in [9.17, 15) is 4.79 Å². The van der Waals surface area contributed by atoms with Crippen molar-refractivity contribution in [3.63, 3.8) is 0 Å². The largest absolute Gasteiger partial charge is 0.480 e. The lowest BCUT2D eigenvalue weighted by molar-refractivity contribution is -0.142. The van der Waals surface area contributed by atoms with Crippen LogP contribution >= 0.6 is 0 Å². The van der Waals surface area contributed by atoms with Crippen LogP contribution in [0, 0.1) is 0 Å². The van der Waals surface area contributed by atoms with E-state index in [4.69, 9.17) is 10.8 Å². The minimum absolute atomic E-state index is 0.561. The zero-order valence-electron chi connectivity index (χ0n) is 13.4. The summed E-state index contributed by atoms with van der Waals surface area (Å²) in [7, 11) is 0. The van der Waals surface area contributed by atoms with Crippen LogP contribution in [0.4, 0.5) is 0 Å². The Morgan fingerprint density at radius 3 is 2.62 bits per heavy atom. The topological polar surface area (TPSA) is 69.8 Å². The fourth-order valence-corrected chi connectivity index (χ4v) is 3.53. The molecule has 2 saturated heterocycles. The molecule has 0 bridgehead atoms. The summed E-state index contributed by atoms with van der Waals surface area (Å²) in [6.07, 6.45) is 7.92. The van der Waals surface area contributed by atoms with Gasteiger partial charge in [-0.1, -0.05) is 6.42 Å². The molecule has 2 rings (SSSR count). The summed E-state index contributed by atoms with van der Waals surface area (Å²) in [5.74, 6) is -0.895. The van der Waals surface area contributed by atoms with Gasteiger partial charge in [-0.25, -0.2) is 0 Å². The van der Waals surface area contributed by atoms with E-state index < -0.39 is 11.5 Å². The van der Waals surface area contributed by atoms with Crippen LogP contribution in [0.3, 0.4) is 0 Å². The summed E-state index contributed by atoms with van der Waals surface area (Å²) in [4.78, 5) is 16.2. The number of carboxylic acid groups (broad SMARTS) is 1. The van der Waals surface area contributed by atoms with Crippen molar-refractivity contribution in [3.8, 4) is 0 Å². The van der Waals surface area contributed by atoms with Crippen molar-refractivity contribution in [2.45, 2.75) is 63.5 Å². The maximum atomic E-state index is 10.9. The molecular weight excluding hydrogens is 266 g/mol. The Morgan fingerprint density at radius 2 is 1.95 bits per heavy atom. The monoisotopic (exact) mass is 297 g/mol. The van der Waals surface area contributed by atoms with Gasteiger partial charge in [0.1, 0.15) is 5.54 Å². The number of unbranched alkanes of at least 4 members (excludes halogenated alkanes) is 1. The van der Waals surface area contributed by atoms with Crippen LogP contribution in [-0.2, 0) is 4.79 Å². The number of nitrogens with zero attached hydrogens (tertiary/aromatic N) is 2. The molecule has 2 fully saturated rings. The maximum absolute atomic E-state index is 10.9. The minimum Gasteiger partial charge on any atom is -0.480 e. The van der Waals surface area contributed by atoms with Crippen LogP contribution in [0.1, 0.15) is 51.9 Å². The van der Waals surface area contributed by atoms with Crippen LogP contribution in [0.2, 0.25) is 0 Å². The van der Waals surface area contributed by atoms with Gasteiger partial charge < -0.3 is 15.7 Å². The van der Waals surface area contributed by atoms with E-state index in [1.165, 1.54) is 51.9 Å². The number of hydrogen-bond acceptors (Lipinski definition) is 4. The Hall–Kier alpha value is -0.650. The van der Waals surface area contributed by atoms with E-state index in [0.717, 1.165) is 25.4 Å². The van der Waals surface area contributed by atoms with Gasteiger partial charge in [0.2, 0.25) is 0 Å². The lowest BCUT2D eigenvalue weighted by atomic mass is 9.96. The van der Waals surface area contributed by atoms with Crippen molar-refractivity contribution in [3.05, 3.63) is 0 Å². The van der Waals surface area contributed by atoms with Crippen LogP contribution in [0.15, 0.2) is 0 Å². The zero-order chi connectivity index (χ0) is 15.3. The molecule has 122 valence electrons. The fraction of sp³-hybridized carbons (Fsp3) is 0.938. The first-order chi connectivity index (χ1) is 9.99. The highest BCUT2D eigenvalue weighted by Gasteiger charge is 2.29. The summed E-state index contributed by atoms with van der Waals surface area (Å²) >= 11 is 0. The van der Waals surface area contributed by atoms with Crippen LogP contribution in [0.25, 0.3) is 0 Å². The zero-order valence-corrected chi connectivity index (χ0v) is 13.4. The number of carboxylic acids is 1. The smallest absolute Gasteiger partial charge is 0.323 e. The van der Waals surface area contributed by atoms with Crippen molar-refractivity contribution < 1.29 is 9.90 Å². The van der Waals surface area contributed by atoms with Crippen molar-refractivity contribution in [1.82, 2.24) is 9.80 Å². The van der Waals surface area contributed by atoms with Gasteiger partial charge in [0.05, 0.1) is 0 Å². The maximum Gasteiger partial charge on any atom is 0.323 e. The summed E-state index contributed by atoms with van der Waals surface area (Å²) in [5.41, 5.74) is 4.69. The van der Waals surface area contributed by atoms with Crippen LogP contribution in [-0.4, -0.2) is 65.2 Å². The summed E-state index contributed by atoms with van der Waals surface area (Å²) in [5, 5.41) is 8.99. The molecule has 0 spiro atoms. The van der Waals surface area contributed by atoms with Crippen molar-refractivity contribution in [2.75, 3.05) is 32.7 Å². The second-order valence-electron chi connectivity index (χ2n) is 7.02. The van der Waals surface area contributed by atoms with Gasteiger partial charge in [-0.2, -0.15) is 0 Å². The number of nitrogens with two attached hydrogens (primary N) is 1. The molecule has 3 N–H and O–H groups in total. The lowest BCUT2D eigenvalue weighted by Gasteiger charge is -2.32. The molecule has 0 amide bonds. The third-order valence-corrected chi connectivity index (χ3v) is 5.06. The molecule has 2 heterocycles. The predicted octanol–water partition coefficient (Wildman–Crippen LogP) is 1.52. The lowest BCUT2D eigenvalue weighted by Crippen LogP contribution is -2.44.